The van der Waals surface area contributed by atoms with E-state index in [9.17, 15) is 0 Å². The third-order valence-corrected chi connectivity index (χ3v) is 3.18. The number of benzene rings is 1. The van der Waals surface area contributed by atoms with E-state index < -0.39 is 0 Å². The van der Waals surface area contributed by atoms with Gasteiger partial charge in [-0.2, -0.15) is 0 Å². The monoisotopic (exact) mass is 239 g/mol. The first-order valence-electron chi connectivity index (χ1n) is 5.89. The Hall–Kier alpha value is -0.730. The van der Waals surface area contributed by atoms with Crippen LogP contribution in [0.2, 0.25) is 5.02 Å². The molecule has 0 spiro atoms. The third-order valence-electron chi connectivity index (χ3n) is 2.93. The number of rotatable bonds is 4. The topological polar surface area (TPSA) is 21.3 Å². The van der Waals surface area contributed by atoms with Gasteiger partial charge in [0.1, 0.15) is 5.75 Å². The van der Waals surface area contributed by atoms with Gasteiger partial charge in [-0.05, 0) is 57.0 Å². The van der Waals surface area contributed by atoms with Crippen LogP contribution in [0.1, 0.15) is 26.2 Å². The summed E-state index contributed by atoms with van der Waals surface area (Å²) in [7, 11) is 0. The Bertz CT molecular complexity index is 319. The molecule has 3 heteroatoms. The largest absolute Gasteiger partial charge is 0.491 e. The van der Waals surface area contributed by atoms with Crippen LogP contribution in [0.3, 0.4) is 0 Å². The molecule has 0 aromatic heterocycles. The van der Waals surface area contributed by atoms with Gasteiger partial charge in [-0.1, -0.05) is 11.6 Å². The zero-order valence-electron chi connectivity index (χ0n) is 9.58. The maximum Gasteiger partial charge on any atom is 0.119 e. The van der Waals surface area contributed by atoms with Crippen molar-refractivity contribution < 1.29 is 4.74 Å². The van der Waals surface area contributed by atoms with E-state index in [1.165, 1.54) is 12.8 Å². The number of ether oxygens (including phenoxy) is 1. The van der Waals surface area contributed by atoms with Gasteiger partial charge in [0.05, 0.1) is 6.10 Å². The molecule has 0 saturated carbocycles. The molecule has 2 unspecified atom stereocenters. The van der Waals surface area contributed by atoms with Crippen LogP contribution in [0, 0.1) is 0 Å². The second kappa shape index (κ2) is 5.55. The lowest BCUT2D eigenvalue weighted by Gasteiger charge is -2.18. The van der Waals surface area contributed by atoms with Gasteiger partial charge in [0.25, 0.3) is 0 Å². The Labute approximate surface area is 102 Å². The quantitative estimate of drug-likeness (QED) is 0.871. The summed E-state index contributed by atoms with van der Waals surface area (Å²) in [6, 6.07) is 8.18. The normalized spacial score (nSPS) is 22.0. The highest BCUT2D eigenvalue weighted by Crippen LogP contribution is 2.19. The molecule has 2 nitrogen and oxygen atoms in total. The first-order chi connectivity index (χ1) is 7.74. The molecule has 0 aliphatic carbocycles. The molecule has 0 amide bonds. The number of halogens is 1. The van der Waals surface area contributed by atoms with E-state index in [1.54, 1.807) is 0 Å². The molecule has 1 aromatic rings. The zero-order valence-corrected chi connectivity index (χ0v) is 10.3. The Morgan fingerprint density at radius 2 is 2.19 bits per heavy atom. The maximum atomic E-state index is 5.83. The number of hydrogen-bond acceptors (Lipinski definition) is 2. The van der Waals surface area contributed by atoms with Crippen LogP contribution in [-0.2, 0) is 0 Å². The van der Waals surface area contributed by atoms with Crippen LogP contribution < -0.4 is 10.1 Å². The molecule has 1 saturated heterocycles. The molecule has 2 rings (SSSR count). The van der Waals surface area contributed by atoms with Gasteiger partial charge in [-0.3, -0.25) is 0 Å². The lowest BCUT2D eigenvalue weighted by Crippen LogP contribution is -2.28. The van der Waals surface area contributed by atoms with Gasteiger partial charge >= 0.3 is 0 Å². The smallest absolute Gasteiger partial charge is 0.119 e. The summed E-state index contributed by atoms with van der Waals surface area (Å²) in [6.07, 6.45) is 3.88. The Kier molecular flexibility index (Phi) is 4.08. The Morgan fingerprint density at radius 3 is 2.81 bits per heavy atom. The average molecular weight is 240 g/mol. The van der Waals surface area contributed by atoms with Crippen molar-refractivity contribution >= 4 is 11.6 Å². The molecule has 1 aliphatic rings. The predicted octanol–water partition coefficient (Wildman–Crippen LogP) is 3.25. The number of nitrogens with one attached hydrogen (secondary N) is 1. The fourth-order valence-electron chi connectivity index (χ4n) is 2.15. The van der Waals surface area contributed by atoms with Crippen molar-refractivity contribution in [3.63, 3.8) is 0 Å². The molecule has 1 N–H and O–H groups in total. The van der Waals surface area contributed by atoms with Crippen LogP contribution in [-0.4, -0.2) is 18.7 Å². The molecule has 1 aromatic carbocycles. The molecule has 16 heavy (non-hydrogen) atoms. The number of hydrogen-bond donors (Lipinski definition) is 1. The fraction of sp³-hybridized carbons (Fsp3) is 0.538. The summed E-state index contributed by atoms with van der Waals surface area (Å²) >= 11 is 5.82. The van der Waals surface area contributed by atoms with Crippen molar-refractivity contribution in [3.8, 4) is 5.75 Å². The zero-order chi connectivity index (χ0) is 11.4. The predicted molar refractivity (Wildman–Crippen MR) is 67.2 cm³/mol. The molecule has 2 atom stereocenters. The molecule has 88 valence electrons. The van der Waals surface area contributed by atoms with Gasteiger partial charge in [-0.15, -0.1) is 0 Å². The van der Waals surface area contributed by atoms with Gasteiger partial charge < -0.3 is 10.1 Å². The highest BCUT2D eigenvalue weighted by Gasteiger charge is 2.17. The minimum atomic E-state index is 0.247. The van der Waals surface area contributed by atoms with Gasteiger partial charge in [-0.25, -0.2) is 0 Å². The van der Waals surface area contributed by atoms with Crippen LogP contribution in [0.5, 0.6) is 5.75 Å². The molecule has 0 radical (unpaired) electrons. The second-order valence-corrected chi connectivity index (χ2v) is 4.85. The molecular weight excluding hydrogens is 222 g/mol. The van der Waals surface area contributed by atoms with Gasteiger partial charge in [0.2, 0.25) is 0 Å². The lowest BCUT2D eigenvalue weighted by molar-refractivity contribution is 0.197. The summed E-state index contributed by atoms with van der Waals surface area (Å²) in [5, 5.41) is 4.23. The first-order valence-corrected chi connectivity index (χ1v) is 6.27. The van der Waals surface area contributed by atoms with E-state index in [1.807, 2.05) is 24.3 Å². The van der Waals surface area contributed by atoms with E-state index >= 15 is 0 Å². The van der Waals surface area contributed by atoms with Crippen molar-refractivity contribution in [3.05, 3.63) is 29.3 Å². The molecule has 1 fully saturated rings. The summed E-state index contributed by atoms with van der Waals surface area (Å²) in [5.74, 6) is 0.898. The van der Waals surface area contributed by atoms with E-state index in [0.717, 1.165) is 23.7 Å². The summed E-state index contributed by atoms with van der Waals surface area (Å²) in [5.41, 5.74) is 0. The minimum absolute atomic E-state index is 0.247. The van der Waals surface area contributed by atoms with Crippen molar-refractivity contribution in [2.24, 2.45) is 0 Å². The van der Waals surface area contributed by atoms with Crippen molar-refractivity contribution in [1.29, 1.82) is 0 Å². The first kappa shape index (κ1) is 11.7. The van der Waals surface area contributed by atoms with Crippen LogP contribution in [0.25, 0.3) is 0 Å². The van der Waals surface area contributed by atoms with E-state index in [2.05, 4.69) is 12.2 Å². The molecule has 1 heterocycles. The average Bonchev–Trinajstić information content (AvgIpc) is 2.74. The second-order valence-electron chi connectivity index (χ2n) is 4.41. The third kappa shape index (κ3) is 3.39. The van der Waals surface area contributed by atoms with E-state index in [4.69, 9.17) is 16.3 Å². The highest BCUT2D eigenvalue weighted by atomic mass is 35.5. The van der Waals surface area contributed by atoms with Crippen molar-refractivity contribution in [2.45, 2.75) is 38.3 Å². The van der Waals surface area contributed by atoms with Crippen molar-refractivity contribution in [1.82, 2.24) is 5.32 Å². The van der Waals surface area contributed by atoms with Crippen LogP contribution >= 0.6 is 11.6 Å². The standard InChI is InChI=1S/C13H18ClNO/c1-10(9-12-3-2-8-15-12)16-13-6-4-11(14)5-7-13/h4-7,10,12,15H,2-3,8-9H2,1H3. The van der Waals surface area contributed by atoms with E-state index in [0.29, 0.717) is 6.04 Å². The Morgan fingerprint density at radius 1 is 1.44 bits per heavy atom. The van der Waals surface area contributed by atoms with Crippen LogP contribution in [0.15, 0.2) is 24.3 Å². The molecule has 1 aliphatic heterocycles. The van der Waals surface area contributed by atoms with E-state index in [-0.39, 0.29) is 6.10 Å². The van der Waals surface area contributed by atoms with Crippen LogP contribution in [0.4, 0.5) is 0 Å². The molecule has 0 bridgehead atoms. The van der Waals surface area contributed by atoms with Gasteiger partial charge in [0.15, 0.2) is 0 Å². The molecular formula is C13H18ClNO. The lowest BCUT2D eigenvalue weighted by atomic mass is 10.1. The Balaban J connectivity index is 1.81. The maximum absolute atomic E-state index is 5.83. The summed E-state index contributed by atoms with van der Waals surface area (Å²) < 4.78 is 5.83. The van der Waals surface area contributed by atoms with Gasteiger partial charge in [0, 0.05) is 11.1 Å². The minimum Gasteiger partial charge on any atom is -0.491 e. The fourth-order valence-corrected chi connectivity index (χ4v) is 2.28. The van der Waals surface area contributed by atoms with Crippen molar-refractivity contribution in [2.75, 3.05) is 6.54 Å². The summed E-state index contributed by atoms with van der Waals surface area (Å²) in [6.45, 7) is 3.27. The SMILES string of the molecule is CC(CC1CCCN1)Oc1ccc(Cl)cc1. The highest BCUT2D eigenvalue weighted by molar-refractivity contribution is 6.30. The summed E-state index contributed by atoms with van der Waals surface area (Å²) in [4.78, 5) is 0.